The van der Waals surface area contributed by atoms with Gasteiger partial charge in [0, 0.05) is 24.4 Å². The van der Waals surface area contributed by atoms with Crippen LogP contribution in [0.3, 0.4) is 0 Å². The highest BCUT2D eigenvalue weighted by Crippen LogP contribution is 2.24. The van der Waals surface area contributed by atoms with Gasteiger partial charge in [-0.2, -0.15) is 0 Å². The third kappa shape index (κ3) is 3.17. The maximum absolute atomic E-state index is 12.1. The Labute approximate surface area is 112 Å². The number of nitrogens with one attached hydrogen (secondary N) is 1. The van der Waals surface area contributed by atoms with Crippen LogP contribution < -0.4 is 11.1 Å². The molecule has 104 valence electrons. The zero-order valence-electron chi connectivity index (χ0n) is 11.1. The Morgan fingerprint density at radius 2 is 2.37 bits per heavy atom. The fourth-order valence-corrected chi connectivity index (χ4v) is 2.41. The number of benzene rings is 1. The molecule has 1 aliphatic rings. The van der Waals surface area contributed by atoms with E-state index in [0.717, 1.165) is 12.8 Å². The third-order valence-electron chi connectivity index (χ3n) is 3.51. The second-order valence-electron chi connectivity index (χ2n) is 4.82. The molecule has 1 amide bonds. The predicted molar refractivity (Wildman–Crippen MR) is 72.5 cm³/mol. The van der Waals surface area contributed by atoms with Gasteiger partial charge in [0.05, 0.1) is 12.0 Å². The number of ether oxygens (including phenoxy) is 1. The van der Waals surface area contributed by atoms with Gasteiger partial charge in [-0.25, -0.2) is 0 Å². The molecule has 2 atom stereocenters. The molecule has 0 bridgehead atoms. The highest BCUT2D eigenvalue weighted by molar-refractivity contribution is 5.79. The van der Waals surface area contributed by atoms with Crippen LogP contribution >= 0.6 is 0 Å². The minimum absolute atomic E-state index is 0.00874. The number of carbonyl (C=O) groups excluding carboxylic acids is 1. The quantitative estimate of drug-likeness (QED) is 0.567. The lowest BCUT2D eigenvalue weighted by molar-refractivity contribution is -0.126. The SMILES string of the molecule is CCC1OCCC1C(=O)NCc1cc(N)ccc1O. The molecule has 19 heavy (non-hydrogen) atoms. The van der Waals surface area contributed by atoms with Gasteiger partial charge in [0.25, 0.3) is 0 Å². The maximum atomic E-state index is 12.1. The summed E-state index contributed by atoms with van der Waals surface area (Å²) in [5, 5.41) is 12.5. The van der Waals surface area contributed by atoms with Crippen molar-refractivity contribution < 1.29 is 14.6 Å². The predicted octanol–water partition coefficient (Wildman–Crippen LogP) is 1.41. The Kier molecular flexibility index (Phi) is 4.27. The molecule has 1 saturated heterocycles. The van der Waals surface area contributed by atoms with Gasteiger partial charge >= 0.3 is 0 Å². The summed E-state index contributed by atoms with van der Waals surface area (Å²) in [6, 6.07) is 4.82. The molecule has 0 aromatic heterocycles. The van der Waals surface area contributed by atoms with Gasteiger partial charge in [-0.05, 0) is 31.0 Å². The molecule has 1 aromatic rings. The summed E-state index contributed by atoms with van der Waals surface area (Å²) in [5.74, 6) is 0.0311. The molecule has 1 aromatic carbocycles. The van der Waals surface area contributed by atoms with E-state index in [1.807, 2.05) is 6.92 Å². The maximum Gasteiger partial charge on any atom is 0.226 e. The van der Waals surface area contributed by atoms with Crippen molar-refractivity contribution in [2.75, 3.05) is 12.3 Å². The highest BCUT2D eigenvalue weighted by Gasteiger charge is 2.32. The van der Waals surface area contributed by atoms with Crippen molar-refractivity contribution in [3.63, 3.8) is 0 Å². The zero-order valence-corrected chi connectivity index (χ0v) is 11.1. The van der Waals surface area contributed by atoms with E-state index in [4.69, 9.17) is 10.5 Å². The van der Waals surface area contributed by atoms with Gasteiger partial charge in [-0.3, -0.25) is 4.79 Å². The number of hydrogen-bond donors (Lipinski definition) is 3. The van der Waals surface area contributed by atoms with Crippen molar-refractivity contribution in [3.05, 3.63) is 23.8 Å². The minimum atomic E-state index is -0.0896. The van der Waals surface area contributed by atoms with Gasteiger partial charge in [0.15, 0.2) is 0 Å². The summed E-state index contributed by atoms with van der Waals surface area (Å²) < 4.78 is 5.50. The number of phenolic OH excluding ortho intramolecular Hbond substituents is 1. The molecule has 1 aliphatic heterocycles. The Balaban J connectivity index is 1.95. The van der Waals surface area contributed by atoms with Crippen LogP contribution in [0.15, 0.2) is 18.2 Å². The summed E-state index contributed by atoms with van der Waals surface area (Å²) in [7, 11) is 0. The van der Waals surface area contributed by atoms with Crippen molar-refractivity contribution in [2.24, 2.45) is 5.92 Å². The van der Waals surface area contributed by atoms with Crippen LogP contribution in [0.2, 0.25) is 0 Å². The fraction of sp³-hybridized carbons (Fsp3) is 0.500. The van der Waals surface area contributed by atoms with Crippen molar-refractivity contribution >= 4 is 11.6 Å². The standard InChI is InChI=1S/C14H20N2O3/c1-2-13-11(5-6-19-13)14(18)16-8-9-7-10(15)3-4-12(9)17/h3-4,7,11,13,17H,2,5-6,8,15H2,1H3,(H,16,18). The average molecular weight is 264 g/mol. The topological polar surface area (TPSA) is 84.6 Å². The lowest BCUT2D eigenvalue weighted by Crippen LogP contribution is -2.34. The molecule has 5 nitrogen and oxygen atoms in total. The summed E-state index contributed by atoms with van der Waals surface area (Å²) in [6.45, 7) is 2.93. The first-order valence-corrected chi connectivity index (χ1v) is 6.58. The van der Waals surface area contributed by atoms with E-state index in [2.05, 4.69) is 5.32 Å². The van der Waals surface area contributed by atoms with E-state index in [-0.39, 0.29) is 30.2 Å². The smallest absolute Gasteiger partial charge is 0.226 e. The van der Waals surface area contributed by atoms with Gasteiger partial charge < -0.3 is 20.9 Å². The van der Waals surface area contributed by atoms with E-state index in [9.17, 15) is 9.90 Å². The Bertz CT molecular complexity index is 462. The summed E-state index contributed by atoms with van der Waals surface area (Å²) in [6.07, 6.45) is 1.60. The number of phenols is 1. The lowest BCUT2D eigenvalue weighted by atomic mass is 9.98. The van der Waals surface area contributed by atoms with Crippen molar-refractivity contribution in [1.82, 2.24) is 5.32 Å². The van der Waals surface area contributed by atoms with Crippen LogP contribution in [-0.4, -0.2) is 23.7 Å². The van der Waals surface area contributed by atoms with Crippen molar-refractivity contribution in [2.45, 2.75) is 32.4 Å². The average Bonchev–Trinajstić information content (AvgIpc) is 2.88. The summed E-state index contributed by atoms with van der Waals surface area (Å²) in [5.41, 5.74) is 6.85. The number of carbonyl (C=O) groups is 1. The molecule has 0 radical (unpaired) electrons. The molecule has 5 heteroatoms. The number of nitrogens with two attached hydrogens (primary N) is 1. The second-order valence-corrected chi connectivity index (χ2v) is 4.82. The van der Waals surface area contributed by atoms with Crippen molar-refractivity contribution in [1.29, 1.82) is 0 Å². The van der Waals surface area contributed by atoms with Gasteiger partial charge in [-0.15, -0.1) is 0 Å². The Morgan fingerprint density at radius 1 is 1.58 bits per heavy atom. The van der Waals surface area contributed by atoms with Crippen LogP contribution in [0.25, 0.3) is 0 Å². The van der Waals surface area contributed by atoms with Crippen LogP contribution in [0.4, 0.5) is 5.69 Å². The van der Waals surface area contributed by atoms with Crippen molar-refractivity contribution in [3.8, 4) is 5.75 Å². The number of hydrogen-bond acceptors (Lipinski definition) is 4. The molecular formula is C14H20N2O3. The largest absolute Gasteiger partial charge is 0.508 e. The van der Waals surface area contributed by atoms with E-state index in [1.54, 1.807) is 12.1 Å². The van der Waals surface area contributed by atoms with E-state index < -0.39 is 0 Å². The van der Waals surface area contributed by atoms with Gasteiger partial charge in [0.2, 0.25) is 5.91 Å². The summed E-state index contributed by atoms with van der Waals surface area (Å²) in [4.78, 5) is 12.1. The zero-order chi connectivity index (χ0) is 13.8. The third-order valence-corrected chi connectivity index (χ3v) is 3.51. The van der Waals surface area contributed by atoms with Gasteiger partial charge in [-0.1, -0.05) is 6.92 Å². The highest BCUT2D eigenvalue weighted by atomic mass is 16.5. The normalized spacial score (nSPS) is 22.4. The minimum Gasteiger partial charge on any atom is -0.508 e. The molecule has 2 rings (SSSR count). The van der Waals surface area contributed by atoms with Crippen LogP contribution in [0, 0.1) is 5.92 Å². The fourth-order valence-electron chi connectivity index (χ4n) is 2.41. The van der Waals surface area contributed by atoms with E-state index >= 15 is 0 Å². The van der Waals surface area contributed by atoms with Crippen LogP contribution in [0.1, 0.15) is 25.3 Å². The number of anilines is 1. The summed E-state index contributed by atoms with van der Waals surface area (Å²) >= 11 is 0. The number of rotatable bonds is 4. The number of amides is 1. The molecule has 1 fully saturated rings. The van der Waals surface area contributed by atoms with E-state index in [0.29, 0.717) is 17.9 Å². The monoisotopic (exact) mass is 264 g/mol. The first-order valence-electron chi connectivity index (χ1n) is 6.58. The Hall–Kier alpha value is -1.75. The molecule has 4 N–H and O–H groups in total. The molecule has 0 saturated carbocycles. The first kappa shape index (κ1) is 13.7. The van der Waals surface area contributed by atoms with Gasteiger partial charge in [0.1, 0.15) is 5.75 Å². The first-order chi connectivity index (χ1) is 9.11. The molecule has 2 unspecified atom stereocenters. The second kappa shape index (κ2) is 5.93. The lowest BCUT2D eigenvalue weighted by Gasteiger charge is -2.16. The molecule has 0 aliphatic carbocycles. The Morgan fingerprint density at radius 3 is 3.11 bits per heavy atom. The van der Waals surface area contributed by atoms with Crippen LogP contribution in [0.5, 0.6) is 5.75 Å². The molecular weight excluding hydrogens is 244 g/mol. The van der Waals surface area contributed by atoms with Crippen LogP contribution in [-0.2, 0) is 16.1 Å². The molecule has 0 spiro atoms. The molecule has 1 heterocycles. The number of nitrogen functional groups attached to an aromatic ring is 1. The number of aromatic hydroxyl groups is 1. The van der Waals surface area contributed by atoms with E-state index in [1.165, 1.54) is 6.07 Å².